The molecule has 0 aromatic carbocycles. The number of aliphatic hydroxyl groups excluding tert-OH is 1. The normalized spacial score (nSPS) is 13.5. The Morgan fingerprint density at radius 3 is 2.63 bits per heavy atom. The van der Waals surface area contributed by atoms with Crippen molar-refractivity contribution in [2.45, 2.75) is 19.9 Å². The van der Waals surface area contributed by atoms with E-state index >= 15 is 0 Å². The van der Waals surface area contributed by atoms with Gasteiger partial charge in [-0.1, -0.05) is 6.92 Å². The third-order valence-corrected chi connectivity index (χ3v) is 2.98. The molecular weight excluding hydrogens is 248 g/mol. The average molecular weight is 268 g/mol. The van der Waals surface area contributed by atoms with Gasteiger partial charge in [-0.2, -0.15) is 4.98 Å². The fourth-order valence-corrected chi connectivity index (χ4v) is 1.48. The molecule has 0 aliphatic carbocycles. The van der Waals surface area contributed by atoms with Crippen LogP contribution in [0, 0.1) is 5.92 Å². The Bertz CT molecular complexity index is 437. The van der Waals surface area contributed by atoms with Gasteiger partial charge in [-0.25, -0.2) is 4.79 Å². The number of ether oxygens (including phenoxy) is 2. The summed E-state index contributed by atoms with van der Waals surface area (Å²) < 4.78 is 9.72. The summed E-state index contributed by atoms with van der Waals surface area (Å²) in [6, 6.07) is 3.32. The number of pyridine rings is 1. The van der Waals surface area contributed by atoms with Crippen molar-refractivity contribution in [2.75, 3.05) is 26.1 Å². The molecule has 0 amide bonds. The molecule has 106 valence electrons. The molecular formula is C13H20N2O4. The third-order valence-electron chi connectivity index (χ3n) is 2.98. The lowest BCUT2D eigenvalue weighted by molar-refractivity contribution is 0.0596. The van der Waals surface area contributed by atoms with E-state index in [0.717, 1.165) is 0 Å². The first-order valence-electron chi connectivity index (χ1n) is 6.04. The number of rotatable bonds is 6. The van der Waals surface area contributed by atoms with Crippen LogP contribution >= 0.6 is 0 Å². The molecule has 2 atom stereocenters. The lowest BCUT2D eigenvalue weighted by Crippen LogP contribution is -2.26. The molecule has 2 unspecified atom stereocenters. The van der Waals surface area contributed by atoms with Crippen LogP contribution in [0.2, 0.25) is 0 Å². The zero-order chi connectivity index (χ0) is 14.4. The molecule has 0 radical (unpaired) electrons. The van der Waals surface area contributed by atoms with E-state index in [1.165, 1.54) is 14.2 Å². The van der Waals surface area contributed by atoms with E-state index in [2.05, 4.69) is 15.0 Å². The number of aromatic nitrogens is 1. The van der Waals surface area contributed by atoms with Crippen molar-refractivity contribution in [3.8, 4) is 5.88 Å². The zero-order valence-corrected chi connectivity index (χ0v) is 11.6. The number of carbonyl (C=O) groups is 1. The van der Waals surface area contributed by atoms with E-state index in [1.54, 1.807) is 12.1 Å². The van der Waals surface area contributed by atoms with Crippen LogP contribution in [0.25, 0.3) is 0 Å². The molecule has 19 heavy (non-hydrogen) atoms. The molecule has 0 saturated carbocycles. The average Bonchev–Trinajstić information content (AvgIpc) is 2.45. The first kappa shape index (κ1) is 15.2. The van der Waals surface area contributed by atoms with Gasteiger partial charge in [0, 0.05) is 12.6 Å². The number of methoxy groups -OCH3 is 2. The summed E-state index contributed by atoms with van der Waals surface area (Å²) in [7, 11) is 2.75. The fourth-order valence-electron chi connectivity index (χ4n) is 1.48. The molecule has 1 heterocycles. The Balaban J connectivity index is 2.91. The van der Waals surface area contributed by atoms with E-state index in [4.69, 9.17) is 9.84 Å². The number of hydrogen-bond donors (Lipinski definition) is 2. The van der Waals surface area contributed by atoms with E-state index in [0.29, 0.717) is 5.82 Å². The summed E-state index contributed by atoms with van der Waals surface area (Å²) >= 11 is 0. The van der Waals surface area contributed by atoms with Crippen molar-refractivity contribution in [2.24, 2.45) is 5.92 Å². The van der Waals surface area contributed by atoms with Crippen LogP contribution in [0.15, 0.2) is 12.1 Å². The Morgan fingerprint density at radius 1 is 1.42 bits per heavy atom. The molecule has 0 bridgehead atoms. The van der Waals surface area contributed by atoms with E-state index in [-0.39, 0.29) is 30.0 Å². The van der Waals surface area contributed by atoms with Crippen molar-refractivity contribution in [3.63, 3.8) is 0 Å². The quantitative estimate of drug-likeness (QED) is 0.757. The lowest BCUT2D eigenvalue weighted by Gasteiger charge is -2.20. The summed E-state index contributed by atoms with van der Waals surface area (Å²) in [6.45, 7) is 3.96. The van der Waals surface area contributed by atoms with Gasteiger partial charge in [-0.05, 0) is 25.0 Å². The minimum absolute atomic E-state index is 0.0474. The highest BCUT2D eigenvalue weighted by molar-refractivity contribution is 5.92. The predicted molar refractivity (Wildman–Crippen MR) is 71.5 cm³/mol. The molecule has 2 N–H and O–H groups in total. The molecule has 1 aromatic heterocycles. The Kier molecular flexibility index (Phi) is 5.57. The highest BCUT2D eigenvalue weighted by atomic mass is 16.5. The minimum atomic E-state index is -0.493. The van der Waals surface area contributed by atoms with Crippen LogP contribution in [-0.4, -0.2) is 42.9 Å². The Labute approximate surface area is 112 Å². The molecule has 0 spiro atoms. The minimum Gasteiger partial charge on any atom is -0.480 e. The van der Waals surface area contributed by atoms with Gasteiger partial charge in [0.1, 0.15) is 11.4 Å². The molecule has 6 heteroatoms. The highest BCUT2D eigenvalue weighted by Crippen LogP contribution is 2.20. The molecule has 0 saturated heterocycles. The van der Waals surface area contributed by atoms with Crippen LogP contribution in [0.4, 0.5) is 5.82 Å². The zero-order valence-electron chi connectivity index (χ0n) is 11.6. The van der Waals surface area contributed by atoms with Gasteiger partial charge in [0.2, 0.25) is 5.88 Å². The predicted octanol–water partition coefficient (Wildman–Crippen LogP) is 1.31. The largest absolute Gasteiger partial charge is 0.480 e. The molecule has 6 nitrogen and oxygen atoms in total. The summed E-state index contributed by atoms with van der Waals surface area (Å²) in [6.07, 6.45) is 0. The van der Waals surface area contributed by atoms with E-state index in [9.17, 15) is 4.79 Å². The monoisotopic (exact) mass is 268 g/mol. The van der Waals surface area contributed by atoms with Crippen molar-refractivity contribution < 1.29 is 19.4 Å². The summed E-state index contributed by atoms with van der Waals surface area (Å²) in [5.74, 6) is 0.388. The van der Waals surface area contributed by atoms with E-state index in [1.807, 2.05) is 13.8 Å². The van der Waals surface area contributed by atoms with Crippen LogP contribution in [0.3, 0.4) is 0 Å². The second-order valence-electron chi connectivity index (χ2n) is 4.34. The SMILES string of the molecule is COC(=O)c1ccc(NC(C)C(C)CO)nc1OC. The van der Waals surface area contributed by atoms with Gasteiger partial charge in [0.25, 0.3) is 0 Å². The molecule has 0 fully saturated rings. The van der Waals surface area contributed by atoms with Crippen LogP contribution in [0.1, 0.15) is 24.2 Å². The lowest BCUT2D eigenvalue weighted by atomic mass is 10.1. The van der Waals surface area contributed by atoms with Crippen LogP contribution in [-0.2, 0) is 4.74 Å². The molecule has 1 aromatic rings. The second kappa shape index (κ2) is 6.94. The molecule has 1 rings (SSSR count). The number of hydrogen-bond acceptors (Lipinski definition) is 6. The summed E-state index contributed by atoms with van der Waals surface area (Å²) in [4.78, 5) is 15.7. The maximum Gasteiger partial charge on any atom is 0.343 e. The van der Waals surface area contributed by atoms with Crippen LogP contribution in [0.5, 0.6) is 5.88 Å². The maximum absolute atomic E-state index is 11.5. The van der Waals surface area contributed by atoms with Gasteiger partial charge < -0.3 is 19.9 Å². The maximum atomic E-state index is 11.5. The van der Waals surface area contributed by atoms with Crippen molar-refractivity contribution in [3.05, 3.63) is 17.7 Å². The highest BCUT2D eigenvalue weighted by Gasteiger charge is 2.16. The molecule has 0 aliphatic rings. The first-order chi connectivity index (χ1) is 9.03. The second-order valence-corrected chi connectivity index (χ2v) is 4.34. The number of esters is 1. The smallest absolute Gasteiger partial charge is 0.343 e. The van der Waals surface area contributed by atoms with Crippen molar-refractivity contribution in [1.29, 1.82) is 0 Å². The first-order valence-corrected chi connectivity index (χ1v) is 6.04. The fraction of sp³-hybridized carbons (Fsp3) is 0.538. The van der Waals surface area contributed by atoms with Gasteiger partial charge in [-0.3, -0.25) is 0 Å². The van der Waals surface area contributed by atoms with Gasteiger partial charge in [-0.15, -0.1) is 0 Å². The number of anilines is 1. The van der Waals surface area contributed by atoms with Gasteiger partial charge >= 0.3 is 5.97 Å². The number of carbonyl (C=O) groups excluding carboxylic acids is 1. The molecule has 0 aliphatic heterocycles. The number of nitrogens with zero attached hydrogens (tertiary/aromatic N) is 1. The number of nitrogens with one attached hydrogen (secondary N) is 1. The topological polar surface area (TPSA) is 80.7 Å². The number of aliphatic hydroxyl groups is 1. The Hall–Kier alpha value is -1.82. The van der Waals surface area contributed by atoms with Gasteiger partial charge in [0.15, 0.2) is 0 Å². The third kappa shape index (κ3) is 3.82. The Morgan fingerprint density at radius 2 is 2.11 bits per heavy atom. The van der Waals surface area contributed by atoms with Crippen LogP contribution < -0.4 is 10.1 Å². The standard InChI is InChI=1S/C13H20N2O4/c1-8(7-16)9(2)14-11-6-5-10(13(17)19-4)12(15-11)18-3/h5-6,8-9,16H,7H2,1-4H3,(H,14,15). The summed E-state index contributed by atoms with van der Waals surface area (Å²) in [5, 5.41) is 12.2. The van der Waals surface area contributed by atoms with Gasteiger partial charge in [0.05, 0.1) is 14.2 Å². The van der Waals surface area contributed by atoms with Crippen molar-refractivity contribution in [1.82, 2.24) is 4.98 Å². The summed E-state index contributed by atoms with van der Waals surface area (Å²) in [5.41, 5.74) is 0.276. The van der Waals surface area contributed by atoms with Crippen molar-refractivity contribution >= 4 is 11.8 Å². The van der Waals surface area contributed by atoms with E-state index < -0.39 is 5.97 Å².